The molecule has 1 heterocycles. The van der Waals surface area contributed by atoms with Crippen LogP contribution >= 0.6 is 0 Å². The van der Waals surface area contributed by atoms with Crippen molar-refractivity contribution in [2.24, 2.45) is 5.92 Å². The summed E-state index contributed by atoms with van der Waals surface area (Å²) >= 11 is 0. The van der Waals surface area contributed by atoms with Crippen molar-refractivity contribution in [3.05, 3.63) is 54.1 Å². The molecule has 2 aromatic rings. The van der Waals surface area contributed by atoms with Gasteiger partial charge in [-0.15, -0.1) is 0 Å². The van der Waals surface area contributed by atoms with Gasteiger partial charge in [-0.3, -0.25) is 4.79 Å². The summed E-state index contributed by atoms with van der Waals surface area (Å²) in [4.78, 5) is 12.3. The highest BCUT2D eigenvalue weighted by molar-refractivity contribution is 5.77. The van der Waals surface area contributed by atoms with Gasteiger partial charge in [-0.1, -0.05) is 30.3 Å². The predicted octanol–water partition coefficient (Wildman–Crippen LogP) is 2.85. The van der Waals surface area contributed by atoms with Gasteiger partial charge in [0.2, 0.25) is 0 Å². The standard InChI is InChI=1S/C17H16O4/c1-19-15-8-4-5-9-16(15)21-17(18)13-10-12-6-2-3-7-14(12)20-11-13/h2-9,13H,10-11H2,1H3. The van der Waals surface area contributed by atoms with E-state index in [1.165, 1.54) is 0 Å². The van der Waals surface area contributed by atoms with Gasteiger partial charge in [-0.05, 0) is 30.2 Å². The molecule has 0 spiro atoms. The number of hydrogen-bond donors (Lipinski definition) is 0. The van der Waals surface area contributed by atoms with Gasteiger partial charge in [-0.25, -0.2) is 0 Å². The minimum atomic E-state index is -0.301. The molecule has 4 nitrogen and oxygen atoms in total. The van der Waals surface area contributed by atoms with Crippen molar-refractivity contribution in [3.63, 3.8) is 0 Å². The molecule has 0 aromatic heterocycles. The molecule has 4 heteroatoms. The highest BCUT2D eigenvalue weighted by Crippen LogP contribution is 2.30. The van der Waals surface area contributed by atoms with Crippen LogP contribution in [0.15, 0.2) is 48.5 Å². The van der Waals surface area contributed by atoms with Crippen LogP contribution < -0.4 is 14.2 Å². The summed E-state index contributed by atoms with van der Waals surface area (Å²) in [7, 11) is 1.55. The summed E-state index contributed by atoms with van der Waals surface area (Å²) in [6.45, 7) is 0.338. The van der Waals surface area contributed by atoms with E-state index in [0.29, 0.717) is 24.5 Å². The summed E-state index contributed by atoms with van der Waals surface area (Å²) in [6.07, 6.45) is 0.629. The van der Waals surface area contributed by atoms with Gasteiger partial charge in [-0.2, -0.15) is 0 Å². The second-order valence-electron chi connectivity index (χ2n) is 4.89. The zero-order chi connectivity index (χ0) is 14.7. The summed E-state index contributed by atoms with van der Waals surface area (Å²) in [5.41, 5.74) is 1.03. The summed E-state index contributed by atoms with van der Waals surface area (Å²) in [5.74, 6) is 1.23. The van der Waals surface area contributed by atoms with E-state index in [2.05, 4.69) is 0 Å². The largest absolute Gasteiger partial charge is 0.493 e. The number of benzene rings is 2. The number of methoxy groups -OCH3 is 1. The number of hydrogen-bond acceptors (Lipinski definition) is 4. The van der Waals surface area contributed by atoms with Crippen LogP contribution in [0.3, 0.4) is 0 Å². The first kappa shape index (κ1) is 13.5. The predicted molar refractivity (Wildman–Crippen MR) is 77.8 cm³/mol. The van der Waals surface area contributed by atoms with Gasteiger partial charge in [0.05, 0.1) is 13.0 Å². The normalized spacial score (nSPS) is 16.5. The minimum absolute atomic E-state index is 0.297. The molecule has 1 aliphatic heterocycles. The van der Waals surface area contributed by atoms with Crippen molar-refractivity contribution < 1.29 is 19.0 Å². The van der Waals surface area contributed by atoms with E-state index in [-0.39, 0.29) is 11.9 Å². The Hall–Kier alpha value is -2.49. The fraction of sp³-hybridized carbons (Fsp3) is 0.235. The first-order valence-electron chi connectivity index (χ1n) is 6.83. The number of fused-ring (bicyclic) bond motifs is 1. The Morgan fingerprint density at radius 2 is 1.81 bits per heavy atom. The van der Waals surface area contributed by atoms with E-state index in [4.69, 9.17) is 14.2 Å². The fourth-order valence-corrected chi connectivity index (χ4v) is 2.37. The van der Waals surface area contributed by atoms with E-state index in [1.807, 2.05) is 30.3 Å². The van der Waals surface area contributed by atoms with Crippen molar-refractivity contribution in [2.45, 2.75) is 6.42 Å². The molecule has 0 saturated carbocycles. The van der Waals surface area contributed by atoms with Crippen LogP contribution in [0.4, 0.5) is 0 Å². The molecule has 21 heavy (non-hydrogen) atoms. The van der Waals surface area contributed by atoms with Crippen molar-refractivity contribution in [1.82, 2.24) is 0 Å². The maximum Gasteiger partial charge on any atom is 0.318 e. The SMILES string of the molecule is COc1ccccc1OC(=O)C1COc2ccccc2C1. The number of esters is 1. The molecule has 0 radical (unpaired) electrons. The third-order valence-corrected chi connectivity index (χ3v) is 3.49. The van der Waals surface area contributed by atoms with Gasteiger partial charge >= 0.3 is 5.97 Å². The van der Waals surface area contributed by atoms with Gasteiger partial charge in [0.1, 0.15) is 12.4 Å². The number of ether oxygens (including phenoxy) is 3. The van der Waals surface area contributed by atoms with Crippen molar-refractivity contribution >= 4 is 5.97 Å². The third-order valence-electron chi connectivity index (χ3n) is 3.49. The number of carbonyl (C=O) groups excluding carboxylic acids is 1. The highest BCUT2D eigenvalue weighted by Gasteiger charge is 2.28. The van der Waals surface area contributed by atoms with Gasteiger partial charge in [0, 0.05) is 0 Å². The second-order valence-corrected chi connectivity index (χ2v) is 4.89. The molecule has 0 amide bonds. The van der Waals surface area contributed by atoms with Crippen LogP contribution in [0.2, 0.25) is 0 Å². The lowest BCUT2D eigenvalue weighted by Crippen LogP contribution is -2.31. The topological polar surface area (TPSA) is 44.8 Å². The molecular weight excluding hydrogens is 268 g/mol. The highest BCUT2D eigenvalue weighted by atomic mass is 16.6. The molecule has 0 N–H and O–H groups in total. The van der Waals surface area contributed by atoms with Crippen LogP contribution in [0.5, 0.6) is 17.2 Å². The Morgan fingerprint density at radius 3 is 2.62 bits per heavy atom. The van der Waals surface area contributed by atoms with Gasteiger partial charge < -0.3 is 14.2 Å². The molecular formula is C17H16O4. The zero-order valence-corrected chi connectivity index (χ0v) is 11.7. The maximum absolute atomic E-state index is 12.3. The third kappa shape index (κ3) is 2.84. The monoisotopic (exact) mass is 284 g/mol. The van der Waals surface area contributed by atoms with E-state index in [1.54, 1.807) is 25.3 Å². The second kappa shape index (κ2) is 5.87. The molecule has 1 unspecified atom stereocenters. The molecule has 0 fully saturated rings. The minimum Gasteiger partial charge on any atom is -0.493 e. The van der Waals surface area contributed by atoms with Crippen molar-refractivity contribution in [1.29, 1.82) is 0 Å². The number of rotatable bonds is 3. The van der Waals surface area contributed by atoms with Gasteiger partial charge in [0.15, 0.2) is 11.5 Å². The van der Waals surface area contributed by atoms with E-state index >= 15 is 0 Å². The molecule has 0 saturated heterocycles. The van der Waals surface area contributed by atoms with Gasteiger partial charge in [0.25, 0.3) is 0 Å². The quantitative estimate of drug-likeness (QED) is 0.642. The van der Waals surface area contributed by atoms with Crippen LogP contribution in [0, 0.1) is 5.92 Å². The number of para-hydroxylation sites is 3. The maximum atomic E-state index is 12.3. The van der Waals surface area contributed by atoms with E-state index in [0.717, 1.165) is 11.3 Å². The van der Waals surface area contributed by atoms with E-state index < -0.39 is 0 Å². The molecule has 2 aromatic carbocycles. The molecule has 0 aliphatic carbocycles. The fourth-order valence-electron chi connectivity index (χ4n) is 2.37. The summed E-state index contributed by atoms with van der Waals surface area (Å²) in [6, 6.07) is 14.9. The Labute approximate surface area is 123 Å². The summed E-state index contributed by atoms with van der Waals surface area (Å²) in [5, 5.41) is 0. The molecule has 1 aliphatic rings. The lowest BCUT2D eigenvalue weighted by Gasteiger charge is -2.24. The molecule has 108 valence electrons. The number of carbonyl (C=O) groups is 1. The smallest absolute Gasteiger partial charge is 0.318 e. The van der Waals surface area contributed by atoms with Crippen LogP contribution in [-0.2, 0) is 11.2 Å². The lowest BCUT2D eigenvalue weighted by molar-refractivity contribution is -0.140. The first-order chi connectivity index (χ1) is 10.3. The van der Waals surface area contributed by atoms with E-state index in [9.17, 15) is 4.79 Å². The van der Waals surface area contributed by atoms with Crippen molar-refractivity contribution in [2.75, 3.05) is 13.7 Å². The Bertz CT molecular complexity index is 651. The Kier molecular flexibility index (Phi) is 3.77. The molecule has 1 atom stereocenters. The average molecular weight is 284 g/mol. The Balaban J connectivity index is 1.72. The lowest BCUT2D eigenvalue weighted by atomic mass is 9.97. The van der Waals surface area contributed by atoms with Crippen LogP contribution in [0.1, 0.15) is 5.56 Å². The Morgan fingerprint density at radius 1 is 1.10 bits per heavy atom. The first-order valence-corrected chi connectivity index (χ1v) is 6.83. The van der Waals surface area contributed by atoms with Crippen LogP contribution in [-0.4, -0.2) is 19.7 Å². The summed E-state index contributed by atoms with van der Waals surface area (Å²) < 4.78 is 16.2. The molecule has 0 bridgehead atoms. The van der Waals surface area contributed by atoms with Crippen molar-refractivity contribution in [3.8, 4) is 17.2 Å². The average Bonchev–Trinajstić information content (AvgIpc) is 2.55. The van der Waals surface area contributed by atoms with Crippen LogP contribution in [0.25, 0.3) is 0 Å². The zero-order valence-electron chi connectivity index (χ0n) is 11.7. The molecule has 3 rings (SSSR count).